The summed E-state index contributed by atoms with van der Waals surface area (Å²) in [6, 6.07) is 1.87. The number of halogens is 3. The zero-order chi connectivity index (χ0) is 13.1. The molecule has 0 aromatic heterocycles. The fourth-order valence-corrected chi connectivity index (χ4v) is 3.83. The Labute approximate surface area is 115 Å². The summed E-state index contributed by atoms with van der Waals surface area (Å²) in [6.45, 7) is 0. The average Bonchev–Trinajstić information content (AvgIpc) is 2.36. The van der Waals surface area contributed by atoms with Crippen molar-refractivity contribution in [3.8, 4) is 0 Å². The monoisotopic (exact) mass is 291 g/mol. The van der Waals surface area contributed by atoms with E-state index in [2.05, 4.69) is 0 Å². The maximum absolute atomic E-state index is 13.7. The summed E-state index contributed by atoms with van der Waals surface area (Å²) in [5, 5.41) is 0.214. The topological polar surface area (TPSA) is 26.0 Å². The average molecular weight is 292 g/mol. The van der Waals surface area contributed by atoms with Crippen LogP contribution in [0.15, 0.2) is 12.1 Å². The second-order valence-electron chi connectivity index (χ2n) is 4.65. The van der Waals surface area contributed by atoms with Crippen molar-refractivity contribution in [2.45, 2.75) is 25.3 Å². The Balaban J connectivity index is 2.12. The summed E-state index contributed by atoms with van der Waals surface area (Å²) in [5.41, 5.74) is 6.12. The SMILES string of the molecule is NC(CC1CCSCC1)c1c(Cl)ccc(F)c1F. The van der Waals surface area contributed by atoms with Gasteiger partial charge in [-0.15, -0.1) is 0 Å². The third-order valence-corrected chi connectivity index (χ3v) is 4.76. The van der Waals surface area contributed by atoms with E-state index in [9.17, 15) is 8.78 Å². The van der Waals surface area contributed by atoms with Crippen molar-refractivity contribution < 1.29 is 8.78 Å². The van der Waals surface area contributed by atoms with E-state index in [-0.39, 0.29) is 10.6 Å². The molecule has 0 saturated carbocycles. The molecular formula is C13H16ClF2NS. The fraction of sp³-hybridized carbons (Fsp3) is 0.538. The van der Waals surface area contributed by atoms with Gasteiger partial charge in [0.1, 0.15) is 0 Å². The molecule has 1 atom stereocenters. The predicted molar refractivity (Wildman–Crippen MR) is 73.0 cm³/mol. The van der Waals surface area contributed by atoms with E-state index in [1.165, 1.54) is 6.07 Å². The molecule has 1 aliphatic rings. The first-order chi connectivity index (χ1) is 8.59. The highest BCUT2D eigenvalue weighted by Crippen LogP contribution is 2.34. The molecule has 1 nitrogen and oxygen atoms in total. The van der Waals surface area contributed by atoms with Crippen LogP contribution in [0.4, 0.5) is 8.78 Å². The fourth-order valence-electron chi connectivity index (χ4n) is 2.34. The number of thioether (sulfide) groups is 1. The Morgan fingerprint density at radius 2 is 2.00 bits per heavy atom. The number of rotatable bonds is 3. The van der Waals surface area contributed by atoms with Crippen molar-refractivity contribution in [3.63, 3.8) is 0 Å². The van der Waals surface area contributed by atoms with Gasteiger partial charge < -0.3 is 5.73 Å². The molecule has 0 spiro atoms. The molecule has 2 N–H and O–H groups in total. The zero-order valence-electron chi connectivity index (χ0n) is 9.96. The van der Waals surface area contributed by atoms with Crippen LogP contribution < -0.4 is 5.73 Å². The highest BCUT2D eigenvalue weighted by molar-refractivity contribution is 7.99. The predicted octanol–water partition coefficient (Wildman–Crippen LogP) is 4.15. The lowest BCUT2D eigenvalue weighted by Gasteiger charge is -2.25. The van der Waals surface area contributed by atoms with Gasteiger partial charge >= 0.3 is 0 Å². The molecule has 1 aromatic rings. The molecule has 0 aliphatic carbocycles. The van der Waals surface area contributed by atoms with Crippen LogP contribution >= 0.6 is 23.4 Å². The molecule has 1 unspecified atom stereocenters. The van der Waals surface area contributed by atoms with Gasteiger partial charge in [0.2, 0.25) is 0 Å². The molecule has 1 saturated heterocycles. The Bertz CT molecular complexity index is 422. The molecule has 5 heteroatoms. The summed E-state index contributed by atoms with van der Waals surface area (Å²) in [4.78, 5) is 0. The van der Waals surface area contributed by atoms with E-state index in [0.717, 1.165) is 30.4 Å². The highest BCUT2D eigenvalue weighted by Gasteiger charge is 2.23. The molecule has 1 aliphatic heterocycles. The van der Waals surface area contributed by atoms with Crippen LogP contribution in [-0.4, -0.2) is 11.5 Å². The first-order valence-electron chi connectivity index (χ1n) is 6.06. The van der Waals surface area contributed by atoms with Crippen LogP contribution in [0, 0.1) is 17.6 Å². The Morgan fingerprint density at radius 1 is 1.33 bits per heavy atom. The van der Waals surface area contributed by atoms with Crippen molar-refractivity contribution >= 4 is 23.4 Å². The maximum atomic E-state index is 13.7. The molecule has 1 aromatic carbocycles. The second-order valence-corrected chi connectivity index (χ2v) is 6.29. The van der Waals surface area contributed by atoms with Gasteiger partial charge in [-0.1, -0.05) is 11.6 Å². The number of benzene rings is 1. The quantitative estimate of drug-likeness (QED) is 0.847. The number of hydrogen-bond acceptors (Lipinski definition) is 2. The number of hydrogen-bond donors (Lipinski definition) is 1. The summed E-state index contributed by atoms with van der Waals surface area (Å²) in [7, 11) is 0. The smallest absolute Gasteiger partial charge is 0.165 e. The van der Waals surface area contributed by atoms with Crippen LogP contribution in [0.3, 0.4) is 0 Å². The van der Waals surface area contributed by atoms with E-state index in [1.54, 1.807) is 0 Å². The highest BCUT2D eigenvalue weighted by atomic mass is 35.5. The summed E-state index contributed by atoms with van der Waals surface area (Å²) in [6.07, 6.45) is 2.85. The van der Waals surface area contributed by atoms with E-state index in [4.69, 9.17) is 17.3 Å². The van der Waals surface area contributed by atoms with Gasteiger partial charge in [0.25, 0.3) is 0 Å². The standard InChI is InChI=1S/C13H16ClF2NS/c14-9-1-2-10(15)13(16)12(9)11(17)7-8-3-5-18-6-4-8/h1-2,8,11H,3-7,17H2. The van der Waals surface area contributed by atoms with Crippen LogP contribution in [0.5, 0.6) is 0 Å². The first kappa shape index (κ1) is 14.1. The van der Waals surface area contributed by atoms with Crippen molar-refractivity contribution in [1.82, 2.24) is 0 Å². The minimum Gasteiger partial charge on any atom is -0.324 e. The van der Waals surface area contributed by atoms with Crippen molar-refractivity contribution in [2.75, 3.05) is 11.5 Å². The molecule has 100 valence electrons. The molecule has 0 bridgehead atoms. The normalized spacial score (nSPS) is 18.9. The van der Waals surface area contributed by atoms with Crippen molar-refractivity contribution in [1.29, 1.82) is 0 Å². The van der Waals surface area contributed by atoms with E-state index < -0.39 is 17.7 Å². The summed E-state index contributed by atoms with van der Waals surface area (Å²) < 4.78 is 26.9. The lowest BCUT2D eigenvalue weighted by molar-refractivity contribution is 0.400. The second kappa shape index (κ2) is 6.22. The van der Waals surface area contributed by atoms with Crippen molar-refractivity contribution in [3.05, 3.63) is 34.4 Å². The first-order valence-corrected chi connectivity index (χ1v) is 7.59. The van der Waals surface area contributed by atoms with E-state index >= 15 is 0 Å². The Kier molecular flexibility index (Phi) is 4.87. The van der Waals surface area contributed by atoms with Gasteiger partial charge in [0.05, 0.1) is 0 Å². The van der Waals surface area contributed by atoms with Crippen LogP contribution in [0.25, 0.3) is 0 Å². The molecule has 0 amide bonds. The third kappa shape index (κ3) is 3.16. The maximum Gasteiger partial charge on any atom is 0.165 e. The van der Waals surface area contributed by atoms with Crippen molar-refractivity contribution in [2.24, 2.45) is 11.7 Å². The van der Waals surface area contributed by atoms with Gasteiger partial charge in [0.15, 0.2) is 11.6 Å². The molecule has 0 radical (unpaired) electrons. The van der Waals surface area contributed by atoms with Gasteiger partial charge in [-0.05, 0) is 48.8 Å². The van der Waals surface area contributed by atoms with E-state index in [0.29, 0.717) is 12.3 Å². The number of nitrogens with two attached hydrogens (primary N) is 1. The molecular weight excluding hydrogens is 276 g/mol. The zero-order valence-corrected chi connectivity index (χ0v) is 11.5. The molecule has 18 heavy (non-hydrogen) atoms. The van der Waals surface area contributed by atoms with Crippen LogP contribution in [0.2, 0.25) is 5.02 Å². The van der Waals surface area contributed by atoms with Gasteiger partial charge in [0, 0.05) is 16.6 Å². The molecule has 1 fully saturated rings. The van der Waals surface area contributed by atoms with Gasteiger partial charge in [-0.25, -0.2) is 8.78 Å². The summed E-state index contributed by atoms with van der Waals surface area (Å²) in [5.74, 6) is 0.942. The lowest BCUT2D eigenvalue weighted by Crippen LogP contribution is -2.20. The van der Waals surface area contributed by atoms with Crippen LogP contribution in [-0.2, 0) is 0 Å². The molecule has 1 heterocycles. The Hall–Kier alpha value is -0.320. The van der Waals surface area contributed by atoms with Gasteiger partial charge in [-0.2, -0.15) is 11.8 Å². The third-order valence-electron chi connectivity index (χ3n) is 3.38. The largest absolute Gasteiger partial charge is 0.324 e. The summed E-state index contributed by atoms with van der Waals surface area (Å²) >= 11 is 7.85. The minimum atomic E-state index is -0.903. The van der Waals surface area contributed by atoms with Gasteiger partial charge in [-0.3, -0.25) is 0 Å². The molecule has 2 rings (SSSR count). The Morgan fingerprint density at radius 3 is 2.67 bits per heavy atom. The lowest BCUT2D eigenvalue weighted by atomic mass is 9.91. The van der Waals surface area contributed by atoms with E-state index in [1.807, 2.05) is 11.8 Å². The minimum absolute atomic E-state index is 0.120. The van der Waals surface area contributed by atoms with Crippen LogP contribution in [0.1, 0.15) is 30.9 Å².